The molecule has 2 heterocycles. The van der Waals surface area contributed by atoms with Crippen molar-refractivity contribution in [3.63, 3.8) is 0 Å². The lowest BCUT2D eigenvalue weighted by atomic mass is 9.99. The molecule has 1 saturated heterocycles. The van der Waals surface area contributed by atoms with E-state index in [0.29, 0.717) is 18.9 Å². The van der Waals surface area contributed by atoms with Gasteiger partial charge in [-0.2, -0.15) is 5.26 Å². The predicted octanol–water partition coefficient (Wildman–Crippen LogP) is -0.836. The van der Waals surface area contributed by atoms with Gasteiger partial charge in [-0.15, -0.1) is 0 Å². The number of aliphatic hydroxyl groups is 1. The van der Waals surface area contributed by atoms with E-state index in [0.717, 1.165) is 17.4 Å². The predicted molar refractivity (Wildman–Crippen MR) is 73.7 cm³/mol. The molecular weight excluding hydrogens is 260 g/mol. The van der Waals surface area contributed by atoms with Crippen LogP contribution in [0.15, 0.2) is 9.59 Å². The van der Waals surface area contributed by atoms with Crippen molar-refractivity contribution in [3.05, 3.63) is 26.4 Å². The summed E-state index contributed by atoms with van der Waals surface area (Å²) in [7, 11) is 2.92. The Bertz CT molecular complexity index is 668. The topological polar surface area (TPSA) is 91.3 Å². The monoisotopic (exact) mass is 278 g/mol. The Morgan fingerprint density at radius 3 is 2.65 bits per heavy atom. The molecule has 2 rings (SSSR count). The number of aromatic nitrogens is 2. The molecule has 1 aromatic rings. The fourth-order valence-electron chi connectivity index (χ4n) is 2.71. The van der Waals surface area contributed by atoms with Crippen LogP contribution in [-0.2, 0) is 14.1 Å². The largest absolute Gasteiger partial charge is 0.396 e. The van der Waals surface area contributed by atoms with Crippen LogP contribution in [-0.4, -0.2) is 33.9 Å². The van der Waals surface area contributed by atoms with Crippen molar-refractivity contribution in [3.8, 4) is 6.07 Å². The summed E-state index contributed by atoms with van der Waals surface area (Å²) in [6, 6.07) is 1.91. The first-order valence-corrected chi connectivity index (χ1v) is 6.57. The van der Waals surface area contributed by atoms with E-state index in [-0.39, 0.29) is 18.1 Å². The molecule has 1 N–H and O–H groups in total. The zero-order chi connectivity index (χ0) is 14.9. The summed E-state index contributed by atoms with van der Waals surface area (Å²) in [5.41, 5.74) is -1.04. The van der Waals surface area contributed by atoms with E-state index in [2.05, 4.69) is 0 Å². The normalized spacial score (nSPS) is 18.9. The van der Waals surface area contributed by atoms with Crippen LogP contribution in [0.25, 0.3) is 0 Å². The van der Waals surface area contributed by atoms with Gasteiger partial charge in [-0.3, -0.25) is 13.9 Å². The number of aliphatic hydroxyl groups excluding tert-OH is 1. The first-order valence-electron chi connectivity index (χ1n) is 6.57. The third-order valence-electron chi connectivity index (χ3n) is 3.82. The van der Waals surface area contributed by atoms with Crippen LogP contribution in [0.1, 0.15) is 18.4 Å². The zero-order valence-corrected chi connectivity index (χ0v) is 11.7. The Morgan fingerprint density at radius 1 is 1.35 bits per heavy atom. The molecule has 7 heteroatoms. The maximum absolute atomic E-state index is 12.0. The summed E-state index contributed by atoms with van der Waals surface area (Å²) in [5.74, 6) is 0.466. The van der Waals surface area contributed by atoms with Gasteiger partial charge in [0.05, 0.1) is 0 Å². The summed E-state index contributed by atoms with van der Waals surface area (Å²) in [5, 5.41) is 18.5. The fraction of sp³-hybridized carbons (Fsp3) is 0.615. The minimum absolute atomic E-state index is 0.0202. The average molecular weight is 278 g/mol. The van der Waals surface area contributed by atoms with Gasteiger partial charge in [0.2, 0.25) is 0 Å². The van der Waals surface area contributed by atoms with E-state index in [1.807, 2.05) is 11.0 Å². The molecule has 20 heavy (non-hydrogen) atoms. The van der Waals surface area contributed by atoms with E-state index in [9.17, 15) is 20.0 Å². The third kappa shape index (κ3) is 2.23. The van der Waals surface area contributed by atoms with E-state index < -0.39 is 11.2 Å². The van der Waals surface area contributed by atoms with E-state index in [1.165, 1.54) is 11.6 Å². The number of rotatable bonds is 2. The van der Waals surface area contributed by atoms with Gasteiger partial charge in [0, 0.05) is 33.8 Å². The quantitative estimate of drug-likeness (QED) is 0.762. The van der Waals surface area contributed by atoms with Crippen molar-refractivity contribution in [2.75, 3.05) is 24.6 Å². The lowest BCUT2D eigenvalue weighted by Gasteiger charge is -2.34. The molecule has 0 spiro atoms. The maximum Gasteiger partial charge on any atom is 0.332 e. The minimum atomic E-state index is -0.572. The molecule has 108 valence electrons. The highest BCUT2D eigenvalue weighted by atomic mass is 16.3. The van der Waals surface area contributed by atoms with Gasteiger partial charge in [-0.1, -0.05) is 0 Å². The molecule has 7 nitrogen and oxygen atoms in total. The van der Waals surface area contributed by atoms with E-state index >= 15 is 0 Å². The molecule has 0 aliphatic carbocycles. The van der Waals surface area contributed by atoms with Crippen LogP contribution < -0.4 is 16.1 Å². The molecule has 1 aliphatic heterocycles. The minimum Gasteiger partial charge on any atom is -0.396 e. The summed E-state index contributed by atoms with van der Waals surface area (Å²) < 4.78 is 2.27. The number of piperidine rings is 1. The van der Waals surface area contributed by atoms with Gasteiger partial charge in [-0.25, -0.2) is 4.79 Å². The van der Waals surface area contributed by atoms with Gasteiger partial charge < -0.3 is 10.0 Å². The Balaban J connectivity index is 2.60. The second kappa shape index (κ2) is 5.51. The van der Waals surface area contributed by atoms with Gasteiger partial charge in [0.25, 0.3) is 5.56 Å². The third-order valence-corrected chi connectivity index (χ3v) is 3.82. The van der Waals surface area contributed by atoms with Crippen molar-refractivity contribution in [1.29, 1.82) is 5.26 Å². The van der Waals surface area contributed by atoms with Crippen molar-refractivity contribution < 1.29 is 5.11 Å². The Kier molecular flexibility index (Phi) is 3.95. The number of nitrogens with zero attached hydrogens (tertiary/aromatic N) is 4. The van der Waals surface area contributed by atoms with Crippen LogP contribution in [0.5, 0.6) is 0 Å². The SMILES string of the molecule is Cn1c(N2CCC[C@H](CO)C2)c(C#N)c(=O)n(C)c1=O. The highest BCUT2D eigenvalue weighted by Crippen LogP contribution is 2.23. The van der Waals surface area contributed by atoms with Gasteiger partial charge in [-0.05, 0) is 18.8 Å². The van der Waals surface area contributed by atoms with Gasteiger partial charge in [0.15, 0.2) is 5.56 Å². The first-order chi connectivity index (χ1) is 9.51. The molecule has 0 radical (unpaired) electrons. The van der Waals surface area contributed by atoms with E-state index in [1.54, 1.807) is 7.05 Å². The van der Waals surface area contributed by atoms with E-state index in [4.69, 9.17) is 0 Å². The maximum atomic E-state index is 12.0. The second-order valence-electron chi connectivity index (χ2n) is 5.15. The van der Waals surface area contributed by atoms with Crippen LogP contribution in [0.2, 0.25) is 0 Å². The van der Waals surface area contributed by atoms with Crippen molar-refractivity contribution >= 4 is 5.82 Å². The molecule has 1 aliphatic rings. The lowest BCUT2D eigenvalue weighted by Crippen LogP contribution is -2.45. The van der Waals surface area contributed by atoms with Crippen LogP contribution in [0.3, 0.4) is 0 Å². The average Bonchev–Trinajstić information content (AvgIpc) is 2.48. The van der Waals surface area contributed by atoms with Crippen molar-refractivity contribution in [2.45, 2.75) is 12.8 Å². The number of hydrogen-bond donors (Lipinski definition) is 1. The summed E-state index contributed by atoms with van der Waals surface area (Å²) >= 11 is 0. The fourth-order valence-corrected chi connectivity index (χ4v) is 2.71. The zero-order valence-electron chi connectivity index (χ0n) is 11.7. The molecule has 0 unspecified atom stereocenters. The molecule has 0 saturated carbocycles. The molecule has 0 amide bonds. The molecule has 0 aromatic carbocycles. The molecule has 1 atom stereocenters. The molecule has 1 aromatic heterocycles. The van der Waals surface area contributed by atoms with Crippen LogP contribution >= 0.6 is 0 Å². The highest BCUT2D eigenvalue weighted by molar-refractivity contribution is 5.53. The molecule has 1 fully saturated rings. The smallest absolute Gasteiger partial charge is 0.332 e. The summed E-state index contributed by atoms with van der Waals surface area (Å²) in [4.78, 5) is 25.9. The Hall–Kier alpha value is -2.07. The summed E-state index contributed by atoms with van der Waals surface area (Å²) in [6.45, 7) is 1.29. The second-order valence-corrected chi connectivity index (χ2v) is 5.15. The number of anilines is 1. The molecular formula is C13H18N4O3. The van der Waals surface area contributed by atoms with Gasteiger partial charge >= 0.3 is 5.69 Å². The number of nitriles is 1. The van der Waals surface area contributed by atoms with Crippen molar-refractivity contribution in [2.24, 2.45) is 20.0 Å². The lowest BCUT2D eigenvalue weighted by molar-refractivity contribution is 0.208. The Labute approximate surface area is 116 Å². The Morgan fingerprint density at radius 2 is 2.05 bits per heavy atom. The molecule has 0 bridgehead atoms. The number of hydrogen-bond acceptors (Lipinski definition) is 5. The van der Waals surface area contributed by atoms with Crippen LogP contribution in [0.4, 0.5) is 5.82 Å². The first kappa shape index (κ1) is 14.3. The highest BCUT2D eigenvalue weighted by Gasteiger charge is 2.25. The summed E-state index contributed by atoms with van der Waals surface area (Å²) in [6.07, 6.45) is 1.77. The van der Waals surface area contributed by atoms with Crippen LogP contribution in [0, 0.1) is 17.2 Å². The standard InChI is InChI=1S/C13H18N4O3/c1-15-11(17-5-3-4-9(7-17)8-18)10(6-14)12(19)16(2)13(15)20/h9,18H,3-5,7-8H2,1-2H3/t9-/m0/s1. The van der Waals surface area contributed by atoms with Crippen molar-refractivity contribution in [1.82, 2.24) is 9.13 Å². The van der Waals surface area contributed by atoms with Gasteiger partial charge in [0.1, 0.15) is 11.9 Å².